The SMILES string of the molecule is CCOC(=O)C1CN(Cc2ccccc2)CC1=NO. The van der Waals surface area contributed by atoms with Crippen LogP contribution in [0.4, 0.5) is 0 Å². The molecule has 0 saturated carbocycles. The van der Waals surface area contributed by atoms with E-state index >= 15 is 0 Å². The van der Waals surface area contributed by atoms with Gasteiger partial charge in [-0.15, -0.1) is 0 Å². The molecule has 1 fully saturated rings. The largest absolute Gasteiger partial charge is 0.465 e. The first-order valence-electron chi connectivity index (χ1n) is 6.38. The van der Waals surface area contributed by atoms with Gasteiger partial charge in [0, 0.05) is 19.6 Å². The minimum absolute atomic E-state index is 0.314. The van der Waals surface area contributed by atoms with Crippen LogP contribution in [0.2, 0.25) is 0 Å². The summed E-state index contributed by atoms with van der Waals surface area (Å²) in [7, 11) is 0. The lowest BCUT2D eigenvalue weighted by Gasteiger charge is -2.14. The van der Waals surface area contributed by atoms with Crippen molar-refractivity contribution in [3.63, 3.8) is 0 Å². The lowest BCUT2D eigenvalue weighted by molar-refractivity contribution is -0.145. The van der Waals surface area contributed by atoms with Crippen molar-refractivity contribution in [1.82, 2.24) is 4.90 Å². The summed E-state index contributed by atoms with van der Waals surface area (Å²) in [5.74, 6) is -0.764. The van der Waals surface area contributed by atoms with Crippen LogP contribution in [0.5, 0.6) is 0 Å². The molecule has 19 heavy (non-hydrogen) atoms. The number of hydrogen-bond acceptors (Lipinski definition) is 5. The van der Waals surface area contributed by atoms with Crippen molar-refractivity contribution in [2.45, 2.75) is 13.5 Å². The number of esters is 1. The van der Waals surface area contributed by atoms with Crippen LogP contribution in [0.3, 0.4) is 0 Å². The summed E-state index contributed by atoms with van der Waals surface area (Å²) in [6.07, 6.45) is 0. The Labute approximate surface area is 112 Å². The van der Waals surface area contributed by atoms with Crippen LogP contribution in [0, 0.1) is 5.92 Å². The molecule has 1 aromatic carbocycles. The smallest absolute Gasteiger partial charge is 0.316 e. The summed E-state index contributed by atoms with van der Waals surface area (Å²) in [6, 6.07) is 10.0. The Morgan fingerprint density at radius 3 is 2.84 bits per heavy atom. The van der Waals surface area contributed by atoms with Gasteiger partial charge in [-0.2, -0.15) is 0 Å². The van der Waals surface area contributed by atoms with Gasteiger partial charge in [0.15, 0.2) is 0 Å². The molecule has 1 unspecified atom stereocenters. The van der Waals surface area contributed by atoms with E-state index in [1.165, 1.54) is 5.56 Å². The highest BCUT2D eigenvalue weighted by atomic mass is 16.5. The predicted octanol–water partition coefficient (Wildman–Crippen LogP) is 1.51. The van der Waals surface area contributed by atoms with E-state index < -0.39 is 5.92 Å². The van der Waals surface area contributed by atoms with Gasteiger partial charge in [0.05, 0.1) is 12.3 Å². The Balaban J connectivity index is 2.01. The second-order valence-corrected chi connectivity index (χ2v) is 4.55. The normalized spacial score (nSPS) is 21.7. The van der Waals surface area contributed by atoms with Gasteiger partial charge >= 0.3 is 5.97 Å². The van der Waals surface area contributed by atoms with Crippen LogP contribution in [-0.4, -0.2) is 41.5 Å². The van der Waals surface area contributed by atoms with Crippen molar-refractivity contribution in [3.05, 3.63) is 35.9 Å². The molecule has 1 aromatic rings. The van der Waals surface area contributed by atoms with E-state index in [-0.39, 0.29) is 5.97 Å². The maximum absolute atomic E-state index is 11.8. The zero-order valence-corrected chi connectivity index (χ0v) is 11.0. The summed E-state index contributed by atoms with van der Waals surface area (Å²) in [5, 5.41) is 12.2. The van der Waals surface area contributed by atoms with Crippen LogP contribution < -0.4 is 0 Å². The first-order valence-corrected chi connectivity index (χ1v) is 6.38. The molecule has 5 heteroatoms. The quantitative estimate of drug-likeness (QED) is 0.507. The highest BCUT2D eigenvalue weighted by Crippen LogP contribution is 2.18. The van der Waals surface area contributed by atoms with Crippen molar-refractivity contribution < 1.29 is 14.7 Å². The van der Waals surface area contributed by atoms with Gasteiger partial charge in [0.25, 0.3) is 0 Å². The molecule has 0 spiro atoms. The molecule has 0 amide bonds. The minimum Gasteiger partial charge on any atom is -0.465 e. The van der Waals surface area contributed by atoms with Crippen LogP contribution in [-0.2, 0) is 16.1 Å². The van der Waals surface area contributed by atoms with E-state index in [2.05, 4.69) is 10.1 Å². The average Bonchev–Trinajstić information content (AvgIpc) is 2.83. The van der Waals surface area contributed by atoms with Crippen molar-refractivity contribution in [2.24, 2.45) is 11.1 Å². The third-order valence-corrected chi connectivity index (χ3v) is 3.18. The molecule has 1 N–H and O–H groups in total. The van der Waals surface area contributed by atoms with Crippen LogP contribution in [0.15, 0.2) is 35.5 Å². The van der Waals surface area contributed by atoms with Gasteiger partial charge < -0.3 is 9.94 Å². The number of likely N-dealkylation sites (tertiary alicyclic amines) is 1. The predicted molar refractivity (Wildman–Crippen MR) is 71.1 cm³/mol. The highest BCUT2D eigenvalue weighted by Gasteiger charge is 2.35. The molecule has 0 aromatic heterocycles. The van der Waals surface area contributed by atoms with E-state index in [0.717, 1.165) is 6.54 Å². The van der Waals surface area contributed by atoms with Crippen LogP contribution in [0.1, 0.15) is 12.5 Å². The third kappa shape index (κ3) is 3.32. The Morgan fingerprint density at radius 1 is 1.47 bits per heavy atom. The molecule has 0 aliphatic carbocycles. The molecule has 1 atom stereocenters. The number of oxime groups is 1. The number of nitrogens with zero attached hydrogens (tertiary/aromatic N) is 2. The van der Waals surface area contributed by atoms with Crippen LogP contribution in [0.25, 0.3) is 0 Å². The number of rotatable bonds is 4. The fourth-order valence-corrected chi connectivity index (χ4v) is 2.28. The average molecular weight is 262 g/mol. The van der Waals surface area contributed by atoms with Crippen molar-refractivity contribution in [1.29, 1.82) is 0 Å². The zero-order valence-electron chi connectivity index (χ0n) is 11.0. The van der Waals surface area contributed by atoms with E-state index in [0.29, 0.717) is 25.4 Å². The molecule has 1 aliphatic rings. The molecule has 0 radical (unpaired) electrons. The molecule has 0 bridgehead atoms. The first kappa shape index (κ1) is 13.5. The summed E-state index contributed by atoms with van der Waals surface area (Å²) >= 11 is 0. The number of benzene rings is 1. The van der Waals surface area contributed by atoms with Crippen molar-refractivity contribution in [2.75, 3.05) is 19.7 Å². The highest BCUT2D eigenvalue weighted by molar-refractivity contribution is 6.04. The fraction of sp³-hybridized carbons (Fsp3) is 0.429. The summed E-state index contributed by atoms with van der Waals surface area (Å²) in [4.78, 5) is 13.8. The Bertz CT molecular complexity index is 459. The van der Waals surface area contributed by atoms with Gasteiger partial charge in [-0.25, -0.2) is 0 Å². The van der Waals surface area contributed by atoms with Crippen molar-refractivity contribution >= 4 is 11.7 Å². The maximum Gasteiger partial charge on any atom is 0.316 e. The minimum atomic E-state index is -0.450. The Hall–Kier alpha value is -1.88. The fourth-order valence-electron chi connectivity index (χ4n) is 2.28. The number of carbonyl (C=O) groups excluding carboxylic acids is 1. The van der Waals surface area contributed by atoms with Crippen LogP contribution >= 0.6 is 0 Å². The molecule has 1 saturated heterocycles. The second kappa shape index (κ2) is 6.33. The lowest BCUT2D eigenvalue weighted by atomic mass is 10.1. The van der Waals surface area contributed by atoms with E-state index in [4.69, 9.17) is 9.94 Å². The molecule has 2 rings (SSSR count). The Kier molecular flexibility index (Phi) is 4.52. The molecule has 5 nitrogen and oxygen atoms in total. The molecule has 102 valence electrons. The lowest BCUT2D eigenvalue weighted by Crippen LogP contribution is -2.26. The van der Waals surface area contributed by atoms with Gasteiger partial charge in [0.2, 0.25) is 0 Å². The van der Waals surface area contributed by atoms with Gasteiger partial charge in [-0.05, 0) is 12.5 Å². The van der Waals surface area contributed by atoms with Gasteiger partial charge in [0.1, 0.15) is 5.92 Å². The molecule has 1 heterocycles. The van der Waals surface area contributed by atoms with E-state index in [9.17, 15) is 4.79 Å². The number of ether oxygens (including phenoxy) is 1. The zero-order chi connectivity index (χ0) is 13.7. The monoisotopic (exact) mass is 262 g/mol. The third-order valence-electron chi connectivity index (χ3n) is 3.18. The summed E-state index contributed by atoms with van der Waals surface area (Å²) in [6.45, 7) is 3.87. The number of hydrogen-bond donors (Lipinski definition) is 1. The molecular weight excluding hydrogens is 244 g/mol. The second-order valence-electron chi connectivity index (χ2n) is 4.55. The van der Waals surface area contributed by atoms with Crippen molar-refractivity contribution in [3.8, 4) is 0 Å². The number of carbonyl (C=O) groups is 1. The topological polar surface area (TPSA) is 62.1 Å². The maximum atomic E-state index is 11.8. The van der Waals surface area contributed by atoms with E-state index in [1.54, 1.807) is 6.92 Å². The van der Waals surface area contributed by atoms with Gasteiger partial charge in [-0.1, -0.05) is 35.5 Å². The molecule has 1 aliphatic heterocycles. The van der Waals surface area contributed by atoms with E-state index in [1.807, 2.05) is 30.3 Å². The summed E-state index contributed by atoms with van der Waals surface area (Å²) < 4.78 is 5.00. The van der Waals surface area contributed by atoms with Gasteiger partial charge in [-0.3, -0.25) is 9.69 Å². The standard InChI is InChI=1S/C14H18N2O3/c1-2-19-14(17)12-9-16(10-13(12)15-18)8-11-6-4-3-5-7-11/h3-7,12,18H,2,8-10H2,1H3. The molecular formula is C14H18N2O3. The summed E-state index contributed by atoms with van der Waals surface area (Å²) in [5.41, 5.74) is 1.65. The Morgan fingerprint density at radius 2 is 2.21 bits per heavy atom. The first-order chi connectivity index (χ1) is 9.24.